The molecule has 186 valence electrons. The number of phenols is 1. The van der Waals surface area contributed by atoms with Gasteiger partial charge in [0.05, 0.1) is 12.7 Å². The van der Waals surface area contributed by atoms with Crippen molar-refractivity contribution in [3.63, 3.8) is 0 Å². The molecular formula is C29H36N2O4. The van der Waals surface area contributed by atoms with Crippen LogP contribution in [0.5, 0.6) is 5.75 Å². The molecule has 0 saturated heterocycles. The van der Waals surface area contributed by atoms with Crippen molar-refractivity contribution in [1.29, 1.82) is 0 Å². The molecular weight excluding hydrogens is 440 g/mol. The lowest BCUT2D eigenvalue weighted by Crippen LogP contribution is -2.40. The number of nitrogens with zero attached hydrogens (tertiary/aromatic N) is 1. The highest BCUT2D eigenvalue weighted by Crippen LogP contribution is 2.23. The zero-order chi connectivity index (χ0) is 24.8. The van der Waals surface area contributed by atoms with Gasteiger partial charge < -0.3 is 25.7 Å². The molecule has 5 N–H and O–H groups in total. The summed E-state index contributed by atoms with van der Waals surface area (Å²) in [6.45, 7) is 3.82. The second-order valence-electron chi connectivity index (χ2n) is 9.57. The summed E-state index contributed by atoms with van der Waals surface area (Å²) in [5.74, 6) is 0.0277. The number of hydrogen-bond acceptors (Lipinski definition) is 6. The summed E-state index contributed by atoms with van der Waals surface area (Å²) in [6, 6.07) is 21.7. The molecule has 0 fully saturated rings. The monoisotopic (exact) mass is 476 g/mol. The quantitative estimate of drug-likeness (QED) is 0.309. The van der Waals surface area contributed by atoms with E-state index >= 15 is 0 Å². The minimum Gasteiger partial charge on any atom is -0.508 e. The minimum atomic E-state index is -0.737. The fourth-order valence-electron chi connectivity index (χ4n) is 4.79. The Morgan fingerprint density at radius 1 is 0.914 bits per heavy atom. The van der Waals surface area contributed by atoms with Crippen LogP contribution < -0.4 is 5.32 Å². The SMILES string of the molecule is C[C@H](Cc1cccc(CC(O)N2CCc3ccccc3C2)c1)NC[C@H](O)c1ccc(O)c(CO)c1. The van der Waals surface area contributed by atoms with Crippen molar-refractivity contribution in [2.45, 2.75) is 57.7 Å². The highest BCUT2D eigenvalue weighted by atomic mass is 16.3. The topological polar surface area (TPSA) is 96.2 Å². The molecule has 0 radical (unpaired) electrons. The normalized spacial score (nSPS) is 16.5. The molecule has 0 aliphatic carbocycles. The average Bonchev–Trinajstić information content (AvgIpc) is 2.87. The van der Waals surface area contributed by atoms with Crippen molar-refractivity contribution >= 4 is 0 Å². The van der Waals surface area contributed by atoms with Gasteiger partial charge in [0.15, 0.2) is 0 Å². The fraction of sp³-hybridized carbons (Fsp3) is 0.379. The van der Waals surface area contributed by atoms with Crippen molar-refractivity contribution in [3.8, 4) is 5.75 Å². The van der Waals surface area contributed by atoms with Gasteiger partial charge in [-0.1, -0.05) is 54.6 Å². The average molecular weight is 477 g/mol. The van der Waals surface area contributed by atoms with E-state index in [1.807, 2.05) is 6.07 Å². The summed E-state index contributed by atoms with van der Waals surface area (Å²) < 4.78 is 0. The first-order valence-corrected chi connectivity index (χ1v) is 12.3. The van der Waals surface area contributed by atoms with Crippen molar-refractivity contribution in [2.75, 3.05) is 13.1 Å². The van der Waals surface area contributed by atoms with Gasteiger partial charge in [0.25, 0.3) is 0 Å². The highest BCUT2D eigenvalue weighted by molar-refractivity contribution is 5.36. The summed E-state index contributed by atoms with van der Waals surface area (Å²) in [5.41, 5.74) is 6.03. The fourth-order valence-corrected chi connectivity index (χ4v) is 4.79. The van der Waals surface area contributed by atoms with Gasteiger partial charge in [-0.3, -0.25) is 4.90 Å². The van der Waals surface area contributed by atoms with Gasteiger partial charge in [-0.05, 0) is 59.7 Å². The van der Waals surface area contributed by atoms with E-state index in [0.717, 1.165) is 31.5 Å². The van der Waals surface area contributed by atoms with Crippen LogP contribution in [0.2, 0.25) is 0 Å². The number of rotatable bonds is 10. The number of hydrogen-bond donors (Lipinski definition) is 5. The number of benzene rings is 3. The van der Waals surface area contributed by atoms with Crippen molar-refractivity contribution < 1.29 is 20.4 Å². The largest absolute Gasteiger partial charge is 0.508 e. The molecule has 3 atom stereocenters. The standard InChI is InChI=1S/C29H36N2O4/c1-20(30-17-28(34)24-9-10-27(33)26(16-24)19-32)13-21-5-4-6-22(14-21)15-29(35)31-12-11-23-7-2-3-8-25(23)18-31/h2-10,14,16,20,28-30,32-35H,11-13,15,17-19H2,1H3/t20-,28+,29?/m1/s1. The third-order valence-corrected chi connectivity index (χ3v) is 6.85. The Labute approximate surface area is 207 Å². The van der Waals surface area contributed by atoms with Crippen LogP contribution in [0, 0.1) is 0 Å². The zero-order valence-electron chi connectivity index (χ0n) is 20.3. The summed E-state index contributed by atoms with van der Waals surface area (Å²) in [5, 5.41) is 43.8. The first kappa shape index (κ1) is 25.4. The summed E-state index contributed by atoms with van der Waals surface area (Å²) in [6.07, 6.45) is 1.10. The van der Waals surface area contributed by atoms with Crippen LogP contribution in [-0.2, 0) is 32.4 Å². The van der Waals surface area contributed by atoms with E-state index in [9.17, 15) is 20.4 Å². The van der Waals surface area contributed by atoms with Crippen LogP contribution >= 0.6 is 0 Å². The lowest BCUT2D eigenvalue weighted by Gasteiger charge is -2.32. The van der Waals surface area contributed by atoms with E-state index in [2.05, 4.69) is 59.6 Å². The molecule has 1 unspecified atom stereocenters. The smallest absolute Gasteiger partial charge is 0.121 e. The van der Waals surface area contributed by atoms with Crippen LogP contribution in [0.15, 0.2) is 66.7 Å². The molecule has 0 amide bonds. The molecule has 6 heteroatoms. The van der Waals surface area contributed by atoms with Crippen molar-refractivity contribution in [1.82, 2.24) is 10.2 Å². The Balaban J connectivity index is 1.28. The van der Waals surface area contributed by atoms with Crippen LogP contribution in [-0.4, -0.2) is 50.7 Å². The number of nitrogens with one attached hydrogen (secondary N) is 1. The predicted octanol–water partition coefficient (Wildman–Crippen LogP) is 3.06. The number of aromatic hydroxyl groups is 1. The Morgan fingerprint density at radius 2 is 1.66 bits per heavy atom. The first-order chi connectivity index (χ1) is 16.9. The molecule has 1 aliphatic heterocycles. The Bertz CT molecular complexity index is 1120. The highest BCUT2D eigenvalue weighted by Gasteiger charge is 2.22. The van der Waals surface area contributed by atoms with Gasteiger partial charge in [0, 0.05) is 37.7 Å². The Hall–Kier alpha value is -2.74. The van der Waals surface area contributed by atoms with Gasteiger partial charge in [0.2, 0.25) is 0 Å². The van der Waals surface area contributed by atoms with Crippen LogP contribution in [0.4, 0.5) is 0 Å². The van der Waals surface area contributed by atoms with Crippen LogP contribution in [0.25, 0.3) is 0 Å². The van der Waals surface area contributed by atoms with Gasteiger partial charge in [0.1, 0.15) is 12.0 Å². The molecule has 1 heterocycles. The molecule has 3 aromatic carbocycles. The van der Waals surface area contributed by atoms with Gasteiger partial charge in [-0.2, -0.15) is 0 Å². The zero-order valence-corrected chi connectivity index (χ0v) is 20.3. The molecule has 3 aromatic rings. The Kier molecular flexibility index (Phi) is 8.55. The molecule has 0 spiro atoms. The molecule has 4 rings (SSSR count). The number of fused-ring (bicyclic) bond motifs is 1. The molecule has 35 heavy (non-hydrogen) atoms. The maximum absolute atomic E-state index is 10.9. The third kappa shape index (κ3) is 6.69. The lowest BCUT2D eigenvalue weighted by atomic mass is 9.98. The Morgan fingerprint density at radius 3 is 2.43 bits per heavy atom. The summed E-state index contributed by atoms with van der Waals surface area (Å²) in [7, 11) is 0. The van der Waals surface area contributed by atoms with Crippen LogP contribution in [0.3, 0.4) is 0 Å². The minimum absolute atomic E-state index is 0.0277. The van der Waals surface area contributed by atoms with Crippen molar-refractivity contribution in [2.24, 2.45) is 0 Å². The maximum Gasteiger partial charge on any atom is 0.121 e. The third-order valence-electron chi connectivity index (χ3n) is 6.85. The van der Waals surface area contributed by atoms with Crippen LogP contribution in [0.1, 0.15) is 46.4 Å². The second-order valence-corrected chi connectivity index (χ2v) is 9.57. The van der Waals surface area contributed by atoms with E-state index in [1.165, 1.54) is 22.8 Å². The van der Waals surface area contributed by atoms with E-state index < -0.39 is 12.3 Å². The summed E-state index contributed by atoms with van der Waals surface area (Å²) >= 11 is 0. The first-order valence-electron chi connectivity index (χ1n) is 12.3. The molecule has 1 aliphatic rings. The lowest BCUT2D eigenvalue weighted by molar-refractivity contribution is -0.00491. The van der Waals surface area contributed by atoms with Gasteiger partial charge in [-0.15, -0.1) is 0 Å². The number of aliphatic hydroxyl groups excluding tert-OH is 3. The van der Waals surface area contributed by atoms with E-state index in [1.54, 1.807) is 12.1 Å². The maximum atomic E-state index is 10.9. The molecule has 0 aromatic heterocycles. The molecule has 0 bridgehead atoms. The second kappa shape index (κ2) is 11.8. The summed E-state index contributed by atoms with van der Waals surface area (Å²) in [4.78, 5) is 2.14. The molecule has 0 saturated carbocycles. The van der Waals surface area contributed by atoms with E-state index in [-0.39, 0.29) is 18.4 Å². The van der Waals surface area contributed by atoms with E-state index in [0.29, 0.717) is 24.1 Å². The number of aliphatic hydroxyl groups is 3. The van der Waals surface area contributed by atoms with Crippen molar-refractivity contribution in [3.05, 3.63) is 100 Å². The molecule has 6 nitrogen and oxygen atoms in total. The van der Waals surface area contributed by atoms with E-state index in [4.69, 9.17) is 0 Å². The predicted molar refractivity (Wildman–Crippen MR) is 137 cm³/mol. The van der Waals surface area contributed by atoms with Gasteiger partial charge in [-0.25, -0.2) is 0 Å². The van der Waals surface area contributed by atoms with Gasteiger partial charge >= 0.3 is 0 Å².